The highest BCUT2D eigenvalue weighted by Gasteiger charge is 2.29. The van der Waals surface area contributed by atoms with Crippen molar-refractivity contribution in [1.82, 2.24) is 0 Å². The van der Waals surface area contributed by atoms with E-state index in [4.69, 9.17) is 16.2 Å². The molecule has 7 heteroatoms. The van der Waals surface area contributed by atoms with Crippen molar-refractivity contribution in [2.75, 3.05) is 0 Å². The lowest BCUT2D eigenvalue weighted by Gasteiger charge is -2.15. The largest absolute Gasteiger partial charge is 0.376 e. The third kappa shape index (κ3) is 2.03. The molecule has 0 aliphatic heterocycles. The molecule has 17 heavy (non-hydrogen) atoms. The number of halogens is 1. The van der Waals surface area contributed by atoms with E-state index in [2.05, 4.69) is 4.79 Å². The maximum absolute atomic E-state index is 11.3. The van der Waals surface area contributed by atoms with Gasteiger partial charge in [0.2, 0.25) is 0 Å². The fourth-order valence-corrected chi connectivity index (χ4v) is 2.79. The van der Waals surface area contributed by atoms with Gasteiger partial charge in [-0.25, -0.2) is 8.42 Å². The van der Waals surface area contributed by atoms with E-state index < -0.39 is 15.2 Å². The zero-order valence-corrected chi connectivity index (χ0v) is 9.98. The van der Waals surface area contributed by atoms with Crippen LogP contribution in [0, 0.1) is 0 Å². The van der Waals surface area contributed by atoms with Gasteiger partial charge in [-0.15, -0.1) is 0 Å². The molecule has 0 aromatic heterocycles. The Labute approximate surface area is 102 Å². The molecule has 1 aromatic carbocycles. The predicted octanol–water partition coefficient (Wildman–Crippen LogP) is 1.35. The standard InChI is InChI=1S/C10H7ClN2O3S/c11-17(15,16)9-3-1-2-7-6(9)4-5-8(13-12)10(7)14/h1-5,10,14H/t10-/m0/s1. The molecule has 1 aliphatic rings. The van der Waals surface area contributed by atoms with Crippen LogP contribution in [0.2, 0.25) is 0 Å². The summed E-state index contributed by atoms with van der Waals surface area (Å²) in [6.07, 6.45) is 1.60. The summed E-state index contributed by atoms with van der Waals surface area (Å²) in [5.74, 6) is 0. The van der Waals surface area contributed by atoms with Crippen LogP contribution in [0.3, 0.4) is 0 Å². The van der Waals surface area contributed by atoms with Crippen molar-refractivity contribution in [2.24, 2.45) is 0 Å². The lowest BCUT2D eigenvalue weighted by Crippen LogP contribution is -2.16. The average Bonchev–Trinajstić information content (AvgIpc) is 2.28. The first-order valence-electron chi connectivity index (χ1n) is 4.61. The van der Waals surface area contributed by atoms with Crippen molar-refractivity contribution in [3.63, 3.8) is 0 Å². The molecule has 0 saturated heterocycles. The Hall–Kier alpha value is -1.46. The van der Waals surface area contributed by atoms with Gasteiger partial charge in [0.25, 0.3) is 9.05 Å². The van der Waals surface area contributed by atoms with Crippen LogP contribution in [-0.4, -0.2) is 24.0 Å². The van der Waals surface area contributed by atoms with Crippen LogP contribution >= 0.6 is 10.7 Å². The zero-order valence-electron chi connectivity index (χ0n) is 8.41. The van der Waals surface area contributed by atoms with E-state index in [1.54, 1.807) is 6.07 Å². The highest BCUT2D eigenvalue weighted by atomic mass is 35.7. The normalized spacial score (nSPS) is 18.7. The Kier molecular flexibility index (Phi) is 2.89. The van der Waals surface area contributed by atoms with Crippen molar-refractivity contribution in [2.45, 2.75) is 11.0 Å². The third-order valence-corrected chi connectivity index (χ3v) is 3.85. The molecule has 1 N–H and O–H groups in total. The zero-order chi connectivity index (χ0) is 12.6. The molecule has 0 unspecified atom stereocenters. The molecule has 0 fully saturated rings. The van der Waals surface area contributed by atoms with Crippen molar-refractivity contribution in [1.29, 1.82) is 0 Å². The molecule has 1 aromatic rings. The number of hydrogen-bond acceptors (Lipinski definition) is 3. The molecule has 2 rings (SSSR count). The Morgan fingerprint density at radius 2 is 2.06 bits per heavy atom. The Balaban J connectivity index is 2.75. The van der Waals surface area contributed by atoms with Gasteiger partial charge in [0.1, 0.15) is 0 Å². The number of rotatable bonds is 1. The highest BCUT2D eigenvalue weighted by molar-refractivity contribution is 8.13. The van der Waals surface area contributed by atoms with Crippen LogP contribution in [0.15, 0.2) is 29.2 Å². The van der Waals surface area contributed by atoms with Crippen molar-refractivity contribution in [3.05, 3.63) is 40.9 Å². The van der Waals surface area contributed by atoms with Gasteiger partial charge in [0, 0.05) is 27.9 Å². The first-order chi connectivity index (χ1) is 7.95. The van der Waals surface area contributed by atoms with Gasteiger partial charge in [-0.1, -0.05) is 12.1 Å². The molecule has 0 spiro atoms. The van der Waals surface area contributed by atoms with Crippen LogP contribution in [0.1, 0.15) is 17.2 Å². The molecular formula is C10H7ClN2O3S. The summed E-state index contributed by atoms with van der Waals surface area (Å²) in [6.45, 7) is 0. The molecule has 0 amide bonds. The summed E-state index contributed by atoms with van der Waals surface area (Å²) in [5.41, 5.74) is 9.33. The monoisotopic (exact) mass is 270 g/mol. The van der Waals surface area contributed by atoms with Gasteiger partial charge < -0.3 is 10.6 Å². The molecule has 1 atom stereocenters. The molecule has 5 nitrogen and oxygen atoms in total. The number of aliphatic hydroxyl groups is 1. The molecule has 1 aliphatic carbocycles. The first kappa shape index (κ1) is 12.0. The van der Waals surface area contributed by atoms with E-state index in [9.17, 15) is 13.5 Å². The SMILES string of the molecule is [N-]=[N+]=C1C=Cc2c(cccc2S(=O)(=O)Cl)[C@@H]1O. The smallest absolute Gasteiger partial charge is 0.324 e. The summed E-state index contributed by atoms with van der Waals surface area (Å²) in [7, 11) is 1.41. The third-order valence-electron chi connectivity index (χ3n) is 2.47. The van der Waals surface area contributed by atoms with Crippen LogP contribution in [0.4, 0.5) is 0 Å². The van der Waals surface area contributed by atoms with Crippen LogP contribution in [0.25, 0.3) is 11.6 Å². The Morgan fingerprint density at radius 1 is 1.35 bits per heavy atom. The number of aliphatic hydroxyl groups excluding tert-OH is 1. The fraction of sp³-hybridized carbons (Fsp3) is 0.100. The number of hydrogen-bond donors (Lipinski definition) is 1. The molecule has 0 saturated carbocycles. The quantitative estimate of drug-likeness (QED) is 0.474. The molecule has 0 heterocycles. The van der Waals surface area contributed by atoms with Crippen molar-refractivity contribution >= 4 is 31.5 Å². The van der Waals surface area contributed by atoms with E-state index >= 15 is 0 Å². The Bertz CT molecular complexity index is 660. The topological polar surface area (TPSA) is 90.8 Å². The maximum atomic E-state index is 11.3. The summed E-state index contributed by atoms with van der Waals surface area (Å²) < 4.78 is 22.7. The summed E-state index contributed by atoms with van der Waals surface area (Å²) in [4.78, 5) is 2.84. The molecular weight excluding hydrogens is 264 g/mol. The predicted molar refractivity (Wildman–Crippen MR) is 62.1 cm³/mol. The van der Waals surface area contributed by atoms with Crippen LogP contribution < -0.4 is 0 Å². The van der Waals surface area contributed by atoms with Crippen LogP contribution in [-0.2, 0) is 9.05 Å². The molecule has 0 radical (unpaired) electrons. The Morgan fingerprint density at radius 3 is 2.65 bits per heavy atom. The van der Waals surface area contributed by atoms with E-state index in [1.807, 2.05) is 0 Å². The van der Waals surface area contributed by atoms with E-state index in [1.165, 1.54) is 24.3 Å². The van der Waals surface area contributed by atoms with Crippen molar-refractivity contribution in [3.8, 4) is 0 Å². The molecule has 0 bridgehead atoms. The maximum Gasteiger partial charge on any atom is 0.324 e. The van der Waals surface area contributed by atoms with Gasteiger partial charge in [0.05, 0.1) is 4.90 Å². The van der Waals surface area contributed by atoms with E-state index in [-0.39, 0.29) is 10.6 Å². The lowest BCUT2D eigenvalue weighted by molar-refractivity contribution is -0.0188. The van der Waals surface area contributed by atoms with Gasteiger partial charge in [0.15, 0.2) is 6.10 Å². The second-order valence-electron chi connectivity index (χ2n) is 3.46. The average molecular weight is 271 g/mol. The minimum Gasteiger partial charge on any atom is -0.376 e. The first-order valence-corrected chi connectivity index (χ1v) is 6.91. The second-order valence-corrected chi connectivity index (χ2v) is 5.99. The van der Waals surface area contributed by atoms with Gasteiger partial charge in [-0.3, -0.25) is 0 Å². The van der Waals surface area contributed by atoms with Gasteiger partial charge in [-0.05, 0) is 12.1 Å². The summed E-state index contributed by atoms with van der Waals surface area (Å²) in [5, 5.41) is 9.83. The molecule has 88 valence electrons. The van der Waals surface area contributed by atoms with Gasteiger partial charge >= 0.3 is 5.71 Å². The van der Waals surface area contributed by atoms with Crippen LogP contribution in [0.5, 0.6) is 0 Å². The lowest BCUT2D eigenvalue weighted by atomic mass is 9.93. The number of benzene rings is 1. The van der Waals surface area contributed by atoms with Gasteiger partial charge in [-0.2, -0.15) is 4.79 Å². The summed E-state index contributed by atoms with van der Waals surface area (Å²) in [6, 6.07) is 4.35. The summed E-state index contributed by atoms with van der Waals surface area (Å²) >= 11 is 0. The number of nitrogens with zero attached hydrogens (tertiary/aromatic N) is 2. The van der Waals surface area contributed by atoms with Crippen molar-refractivity contribution < 1.29 is 18.3 Å². The highest BCUT2D eigenvalue weighted by Crippen LogP contribution is 2.31. The number of fused-ring (bicyclic) bond motifs is 1. The second kappa shape index (κ2) is 4.09. The fourth-order valence-electron chi connectivity index (χ4n) is 1.70. The van der Waals surface area contributed by atoms with E-state index in [0.29, 0.717) is 11.1 Å². The minimum absolute atomic E-state index is 0.0432. The minimum atomic E-state index is -3.88. The van der Waals surface area contributed by atoms with E-state index in [0.717, 1.165) is 0 Å².